The van der Waals surface area contributed by atoms with Gasteiger partial charge in [-0.2, -0.15) is 0 Å². The Labute approximate surface area is 126 Å². The zero-order valence-electron chi connectivity index (χ0n) is 12.2. The van der Waals surface area contributed by atoms with Crippen LogP contribution in [0, 0.1) is 10.1 Å². The van der Waals surface area contributed by atoms with Gasteiger partial charge < -0.3 is 20.1 Å². The van der Waals surface area contributed by atoms with Crippen LogP contribution in [-0.2, 0) is 9.53 Å². The number of aliphatic hydroxyl groups is 1. The standard InChI is InChI=1S/C13H17N3O6/c1-15(2)12(18)8-22-13(19)10-7-9(16(20)21)3-4-11(10)14-5-6-17/h3-4,7,14,17H,5-6,8H2,1-2H3. The lowest BCUT2D eigenvalue weighted by Crippen LogP contribution is -2.27. The molecule has 1 aromatic rings. The molecule has 0 heterocycles. The van der Waals surface area contributed by atoms with E-state index < -0.39 is 23.4 Å². The second-order valence-electron chi connectivity index (χ2n) is 4.50. The van der Waals surface area contributed by atoms with E-state index in [1.54, 1.807) is 0 Å². The molecule has 0 unspecified atom stereocenters. The summed E-state index contributed by atoms with van der Waals surface area (Å²) in [7, 11) is 3.02. The lowest BCUT2D eigenvalue weighted by molar-refractivity contribution is -0.384. The van der Waals surface area contributed by atoms with Crippen LogP contribution in [-0.4, -0.2) is 60.7 Å². The predicted molar refractivity (Wildman–Crippen MR) is 77.6 cm³/mol. The number of carbonyl (C=O) groups is 2. The monoisotopic (exact) mass is 311 g/mol. The van der Waals surface area contributed by atoms with Crippen molar-refractivity contribution in [1.82, 2.24) is 4.90 Å². The number of amides is 1. The maximum Gasteiger partial charge on any atom is 0.341 e. The molecule has 0 radical (unpaired) electrons. The molecule has 0 atom stereocenters. The molecule has 0 bridgehead atoms. The van der Waals surface area contributed by atoms with Crippen molar-refractivity contribution < 1.29 is 24.4 Å². The topological polar surface area (TPSA) is 122 Å². The molecule has 1 aromatic carbocycles. The summed E-state index contributed by atoms with van der Waals surface area (Å²) in [5.41, 5.74) is -0.0726. The smallest absolute Gasteiger partial charge is 0.341 e. The largest absolute Gasteiger partial charge is 0.452 e. The van der Waals surface area contributed by atoms with Crippen LogP contribution >= 0.6 is 0 Å². The van der Waals surface area contributed by atoms with Gasteiger partial charge in [-0.25, -0.2) is 4.79 Å². The third-order valence-corrected chi connectivity index (χ3v) is 2.69. The Bertz CT molecular complexity index is 573. The molecular formula is C13H17N3O6. The molecule has 0 saturated heterocycles. The lowest BCUT2D eigenvalue weighted by Gasteiger charge is -2.13. The van der Waals surface area contributed by atoms with Gasteiger partial charge in [-0.05, 0) is 6.07 Å². The van der Waals surface area contributed by atoms with Gasteiger partial charge in [-0.1, -0.05) is 0 Å². The van der Waals surface area contributed by atoms with Gasteiger partial charge in [0.1, 0.15) is 0 Å². The molecule has 9 nitrogen and oxygen atoms in total. The zero-order valence-corrected chi connectivity index (χ0v) is 12.2. The van der Waals surface area contributed by atoms with Crippen molar-refractivity contribution in [1.29, 1.82) is 0 Å². The number of nitrogens with one attached hydrogen (secondary N) is 1. The second kappa shape index (κ2) is 7.93. The van der Waals surface area contributed by atoms with Crippen LogP contribution in [0.25, 0.3) is 0 Å². The number of anilines is 1. The first-order valence-electron chi connectivity index (χ1n) is 6.37. The highest BCUT2D eigenvalue weighted by Crippen LogP contribution is 2.23. The van der Waals surface area contributed by atoms with Gasteiger partial charge in [0, 0.05) is 38.5 Å². The number of nitro benzene ring substituents is 1. The second-order valence-corrected chi connectivity index (χ2v) is 4.50. The summed E-state index contributed by atoms with van der Waals surface area (Å²) in [4.78, 5) is 34.8. The quantitative estimate of drug-likeness (QED) is 0.420. The molecule has 0 aliphatic heterocycles. The van der Waals surface area contributed by atoms with Crippen molar-refractivity contribution in [2.45, 2.75) is 0 Å². The highest BCUT2D eigenvalue weighted by Gasteiger charge is 2.19. The number of nitro groups is 1. The fourth-order valence-corrected chi connectivity index (χ4v) is 1.49. The molecule has 1 rings (SSSR count). The molecular weight excluding hydrogens is 294 g/mol. The molecule has 0 fully saturated rings. The number of benzene rings is 1. The van der Waals surface area contributed by atoms with Crippen molar-refractivity contribution in [2.24, 2.45) is 0 Å². The SMILES string of the molecule is CN(C)C(=O)COC(=O)c1cc([N+](=O)[O-])ccc1NCCO. The third-order valence-electron chi connectivity index (χ3n) is 2.69. The third kappa shape index (κ3) is 4.70. The Kier molecular flexibility index (Phi) is 6.26. The molecule has 1 amide bonds. The van der Waals surface area contributed by atoms with E-state index in [1.165, 1.54) is 31.1 Å². The predicted octanol–water partition coefficient (Wildman–Crippen LogP) is 0.244. The van der Waals surface area contributed by atoms with E-state index in [2.05, 4.69) is 5.32 Å². The summed E-state index contributed by atoms with van der Waals surface area (Å²) >= 11 is 0. The highest BCUT2D eigenvalue weighted by atomic mass is 16.6. The van der Waals surface area contributed by atoms with E-state index in [-0.39, 0.29) is 30.1 Å². The summed E-state index contributed by atoms with van der Waals surface area (Å²) in [6.07, 6.45) is 0. The minimum absolute atomic E-state index is 0.0748. The van der Waals surface area contributed by atoms with Crippen LogP contribution in [0.1, 0.15) is 10.4 Å². The summed E-state index contributed by atoms with van der Waals surface area (Å²) in [6, 6.07) is 3.63. The molecule has 0 spiro atoms. The Morgan fingerprint density at radius 1 is 1.41 bits per heavy atom. The molecule has 2 N–H and O–H groups in total. The van der Waals surface area contributed by atoms with Crippen molar-refractivity contribution in [3.8, 4) is 0 Å². The van der Waals surface area contributed by atoms with E-state index in [0.29, 0.717) is 0 Å². The summed E-state index contributed by atoms with van der Waals surface area (Å²) < 4.78 is 4.85. The number of carbonyl (C=O) groups excluding carboxylic acids is 2. The van der Waals surface area contributed by atoms with Crippen molar-refractivity contribution in [3.05, 3.63) is 33.9 Å². The number of aliphatic hydroxyl groups excluding tert-OH is 1. The van der Waals surface area contributed by atoms with E-state index in [9.17, 15) is 19.7 Å². The lowest BCUT2D eigenvalue weighted by atomic mass is 10.1. The summed E-state index contributed by atoms with van der Waals surface area (Å²) in [5, 5.41) is 22.3. The average Bonchev–Trinajstić information content (AvgIpc) is 2.49. The Morgan fingerprint density at radius 2 is 2.09 bits per heavy atom. The first-order chi connectivity index (χ1) is 10.4. The van der Waals surface area contributed by atoms with Gasteiger partial charge in [-0.3, -0.25) is 14.9 Å². The van der Waals surface area contributed by atoms with E-state index in [0.717, 1.165) is 6.07 Å². The minimum atomic E-state index is -0.862. The molecule has 22 heavy (non-hydrogen) atoms. The van der Waals surface area contributed by atoms with Crippen LogP contribution < -0.4 is 5.32 Å². The van der Waals surface area contributed by atoms with Gasteiger partial charge in [0.15, 0.2) is 6.61 Å². The van der Waals surface area contributed by atoms with Crippen LogP contribution in [0.2, 0.25) is 0 Å². The van der Waals surface area contributed by atoms with Crippen LogP contribution in [0.4, 0.5) is 11.4 Å². The maximum absolute atomic E-state index is 12.0. The number of likely N-dealkylation sites (N-methyl/N-ethyl adjacent to an activating group) is 1. The normalized spacial score (nSPS) is 9.95. The average molecular weight is 311 g/mol. The fourth-order valence-electron chi connectivity index (χ4n) is 1.49. The molecule has 0 aliphatic carbocycles. The number of esters is 1. The van der Waals surface area contributed by atoms with Crippen LogP contribution in [0.5, 0.6) is 0 Å². The Morgan fingerprint density at radius 3 is 2.64 bits per heavy atom. The van der Waals surface area contributed by atoms with E-state index in [1.807, 2.05) is 0 Å². The number of hydrogen-bond acceptors (Lipinski definition) is 7. The fraction of sp³-hybridized carbons (Fsp3) is 0.385. The number of rotatable bonds is 7. The molecule has 0 aliphatic rings. The summed E-state index contributed by atoms with van der Waals surface area (Å²) in [5.74, 6) is -1.28. The van der Waals surface area contributed by atoms with E-state index in [4.69, 9.17) is 9.84 Å². The van der Waals surface area contributed by atoms with Gasteiger partial charge in [0.25, 0.3) is 11.6 Å². The zero-order chi connectivity index (χ0) is 16.7. The van der Waals surface area contributed by atoms with Gasteiger partial charge in [0.2, 0.25) is 0 Å². The van der Waals surface area contributed by atoms with Crippen molar-refractivity contribution in [2.75, 3.05) is 39.2 Å². The number of non-ortho nitro benzene ring substituents is 1. The first kappa shape index (κ1) is 17.4. The molecule has 0 aromatic heterocycles. The first-order valence-corrected chi connectivity index (χ1v) is 6.37. The highest BCUT2D eigenvalue weighted by molar-refractivity contribution is 5.97. The summed E-state index contributed by atoms with van der Waals surface area (Å²) in [6.45, 7) is -0.479. The van der Waals surface area contributed by atoms with Gasteiger partial charge >= 0.3 is 5.97 Å². The number of nitrogens with zero attached hydrogens (tertiary/aromatic N) is 2. The minimum Gasteiger partial charge on any atom is -0.452 e. The number of hydrogen-bond donors (Lipinski definition) is 2. The Balaban J connectivity index is 2.96. The molecule has 9 heteroatoms. The Hall–Kier alpha value is -2.68. The van der Waals surface area contributed by atoms with Gasteiger partial charge in [-0.15, -0.1) is 0 Å². The number of ether oxygens (including phenoxy) is 1. The maximum atomic E-state index is 12.0. The van der Waals surface area contributed by atoms with Gasteiger partial charge in [0.05, 0.1) is 17.1 Å². The van der Waals surface area contributed by atoms with Crippen molar-refractivity contribution in [3.63, 3.8) is 0 Å². The molecule has 0 saturated carbocycles. The van der Waals surface area contributed by atoms with Crippen LogP contribution in [0.15, 0.2) is 18.2 Å². The molecule has 120 valence electrons. The van der Waals surface area contributed by atoms with Crippen molar-refractivity contribution >= 4 is 23.3 Å². The van der Waals surface area contributed by atoms with Crippen LogP contribution in [0.3, 0.4) is 0 Å². The van der Waals surface area contributed by atoms with E-state index >= 15 is 0 Å².